The van der Waals surface area contributed by atoms with E-state index in [1.807, 2.05) is 42.6 Å². The molecule has 2 unspecified atom stereocenters. The second kappa shape index (κ2) is 12.5. The number of aryl methyl sites for hydroxylation is 1. The monoisotopic (exact) mass is 635 g/mol. The second-order valence-electron chi connectivity index (χ2n) is 12.5. The first-order valence-electron chi connectivity index (χ1n) is 15.9. The summed E-state index contributed by atoms with van der Waals surface area (Å²) in [6.07, 6.45) is 10.3. The molecule has 1 aromatic carbocycles. The SMILES string of the molecule is CC1CN(C(=O)C2CCN(c3ccnc4c3c(/C=C3\Oc5ccc(NC(=O)Nc6cccnc6)cc5C3=O)cn4C)CC2)CC(C)O1. The third-order valence-electron chi connectivity index (χ3n) is 8.91. The number of ketones is 1. The highest BCUT2D eigenvalue weighted by Gasteiger charge is 2.34. The Morgan fingerprint density at radius 1 is 1.00 bits per heavy atom. The van der Waals surface area contributed by atoms with Gasteiger partial charge in [-0.25, -0.2) is 9.78 Å². The average Bonchev–Trinajstić information content (AvgIpc) is 3.55. The molecule has 12 nitrogen and oxygen atoms in total. The van der Waals surface area contributed by atoms with Gasteiger partial charge in [0.05, 0.1) is 29.7 Å². The first-order valence-corrected chi connectivity index (χ1v) is 15.9. The molecule has 4 aromatic rings. The number of morpholine rings is 1. The maximum atomic E-state index is 13.5. The molecule has 2 atom stereocenters. The predicted octanol–water partition coefficient (Wildman–Crippen LogP) is 5.08. The first kappa shape index (κ1) is 30.4. The van der Waals surface area contributed by atoms with Crippen molar-refractivity contribution in [2.75, 3.05) is 41.7 Å². The van der Waals surface area contributed by atoms with Gasteiger partial charge >= 0.3 is 6.03 Å². The van der Waals surface area contributed by atoms with Crippen LogP contribution in [0.4, 0.5) is 21.9 Å². The van der Waals surface area contributed by atoms with E-state index in [-0.39, 0.29) is 35.6 Å². The van der Waals surface area contributed by atoms with Gasteiger partial charge in [0.2, 0.25) is 11.7 Å². The van der Waals surface area contributed by atoms with Crippen LogP contribution in [-0.2, 0) is 16.6 Å². The summed E-state index contributed by atoms with van der Waals surface area (Å²) < 4.78 is 13.8. The van der Waals surface area contributed by atoms with E-state index < -0.39 is 6.03 Å². The zero-order valence-corrected chi connectivity index (χ0v) is 26.6. The lowest BCUT2D eigenvalue weighted by atomic mass is 9.94. The zero-order chi connectivity index (χ0) is 32.7. The molecule has 3 aliphatic heterocycles. The van der Waals surface area contributed by atoms with Crippen LogP contribution in [0.25, 0.3) is 17.1 Å². The first-order chi connectivity index (χ1) is 22.7. The number of fused-ring (bicyclic) bond motifs is 2. The molecule has 6 heterocycles. The summed E-state index contributed by atoms with van der Waals surface area (Å²) in [5, 5.41) is 6.39. The topological polar surface area (TPSA) is 131 Å². The number of nitrogens with zero attached hydrogens (tertiary/aromatic N) is 5. The van der Waals surface area contributed by atoms with Gasteiger partial charge in [0.1, 0.15) is 11.4 Å². The van der Waals surface area contributed by atoms with E-state index in [0.717, 1.165) is 48.2 Å². The summed E-state index contributed by atoms with van der Waals surface area (Å²) in [6.45, 7) is 6.79. The van der Waals surface area contributed by atoms with Gasteiger partial charge in [0.25, 0.3) is 0 Å². The minimum atomic E-state index is -0.449. The molecule has 47 heavy (non-hydrogen) atoms. The highest BCUT2D eigenvalue weighted by atomic mass is 16.5. The number of carbonyl (C=O) groups excluding carboxylic acids is 3. The number of piperidine rings is 1. The Balaban J connectivity index is 1.08. The standard InChI is InChI=1S/C35H37N7O5/c1-21-18-42(19-22(2)46-21)34(44)23-9-13-41(14-10-23)28-8-12-37-33-31(28)24(20-40(33)3)15-30-32(43)27-16-25(6-7-29(27)47-30)38-35(45)39-26-5-4-11-36-17-26/h4-8,11-12,15-17,20-23H,9-10,13-14,18-19H2,1-3H3,(H2,38,39,45)/b30-15-. The molecule has 3 aliphatic rings. The maximum absolute atomic E-state index is 13.5. The van der Waals surface area contributed by atoms with Crippen LogP contribution in [0.1, 0.15) is 42.6 Å². The molecule has 7 rings (SSSR count). The molecule has 0 saturated carbocycles. The summed E-state index contributed by atoms with van der Waals surface area (Å²) >= 11 is 0. The van der Waals surface area contributed by atoms with Crippen molar-refractivity contribution in [1.29, 1.82) is 0 Å². The molecule has 242 valence electrons. The number of aromatic nitrogens is 3. The summed E-state index contributed by atoms with van der Waals surface area (Å²) in [5.41, 5.74) is 3.98. The van der Waals surface area contributed by atoms with Gasteiger partial charge in [-0.05, 0) is 69.2 Å². The van der Waals surface area contributed by atoms with Gasteiger partial charge < -0.3 is 34.5 Å². The van der Waals surface area contributed by atoms with E-state index in [9.17, 15) is 14.4 Å². The molecule has 3 aromatic heterocycles. The van der Waals surface area contributed by atoms with E-state index in [0.29, 0.717) is 35.8 Å². The number of amides is 3. The van der Waals surface area contributed by atoms with Gasteiger partial charge in [-0.3, -0.25) is 14.6 Å². The predicted molar refractivity (Wildman–Crippen MR) is 178 cm³/mol. The van der Waals surface area contributed by atoms with Gasteiger partial charge in [-0.1, -0.05) is 0 Å². The van der Waals surface area contributed by atoms with Crippen LogP contribution in [0, 0.1) is 5.92 Å². The van der Waals surface area contributed by atoms with E-state index in [2.05, 4.69) is 25.5 Å². The molecule has 0 bridgehead atoms. The number of pyridine rings is 2. The molecule has 0 radical (unpaired) electrons. The third kappa shape index (κ3) is 6.16. The van der Waals surface area contributed by atoms with Crippen molar-refractivity contribution in [3.05, 3.63) is 78.1 Å². The number of Topliss-reactive ketones (excluding diaryl/α,β-unsaturated/α-hetero) is 1. The molecule has 0 aliphatic carbocycles. The number of rotatable bonds is 5. The van der Waals surface area contributed by atoms with Gasteiger partial charge in [0.15, 0.2) is 5.76 Å². The number of nitrogens with one attached hydrogen (secondary N) is 2. The molecule has 12 heteroatoms. The quantitative estimate of drug-likeness (QED) is 0.291. The lowest BCUT2D eigenvalue weighted by molar-refractivity contribution is -0.148. The minimum Gasteiger partial charge on any atom is -0.452 e. The van der Waals surface area contributed by atoms with Gasteiger partial charge in [0, 0.05) is 80.1 Å². The summed E-state index contributed by atoms with van der Waals surface area (Å²) in [7, 11) is 1.93. The average molecular weight is 636 g/mol. The number of anilines is 3. The molecule has 2 fully saturated rings. The second-order valence-corrected chi connectivity index (χ2v) is 12.5. The smallest absolute Gasteiger partial charge is 0.323 e. The number of benzene rings is 1. The Labute approximate surface area is 272 Å². The summed E-state index contributed by atoms with van der Waals surface area (Å²) in [4.78, 5) is 52.3. The Kier molecular flexibility index (Phi) is 8.10. The lowest BCUT2D eigenvalue weighted by Gasteiger charge is -2.39. The molecule has 0 spiro atoms. The number of ether oxygens (including phenoxy) is 2. The number of hydrogen-bond acceptors (Lipinski definition) is 8. The Morgan fingerprint density at radius 3 is 2.51 bits per heavy atom. The van der Waals surface area contributed by atoms with Crippen LogP contribution < -0.4 is 20.3 Å². The number of urea groups is 1. The number of carbonyl (C=O) groups is 3. The number of allylic oxidation sites excluding steroid dienone is 1. The van der Waals surface area contributed by atoms with E-state index in [1.54, 1.807) is 55.0 Å². The largest absolute Gasteiger partial charge is 0.452 e. The zero-order valence-electron chi connectivity index (χ0n) is 26.6. The Bertz CT molecular complexity index is 1870. The van der Waals surface area contributed by atoms with Gasteiger partial charge in [-0.15, -0.1) is 0 Å². The molecule has 3 amide bonds. The van der Waals surface area contributed by atoms with Crippen molar-refractivity contribution in [2.24, 2.45) is 13.0 Å². The van der Waals surface area contributed by atoms with Crippen LogP contribution in [0.15, 0.2) is 66.9 Å². The van der Waals surface area contributed by atoms with E-state index in [4.69, 9.17) is 9.47 Å². The van der Waals surface area contributed by atoms with Crippen molar-refractivity contribution in [1.82, 2.24) is 19.4 Å². The van der Waals surface area contributed by atoms with Crippen molar-refractivity contribution in [3.63, 3.8) is 0 Å². The minimum absolute atomic E-state index is 0.0118. The maximum Gasteiger partial charge on any atom is 0.323 e. The van der Waals surface area contributed by atoms with E-state index >= 15 is 0 Å². The lowest BCUT2D eigenvalue weighted by Crippen LogP contribution is -2.51. The summed E-state index contributed by atoms with van der Waals surface area (Å²) in [6, 6.07) is 9.98. The van der Waals surface area contributed by atoms with Crippen LogP contribution in [0.3, 0.4) is 0 Å². The van der Waals surface area contributed by atoms with Crippen molar-refractivity contribution < 1.29 is 23.9 Å². The van der Waals surface area contributed by atoms with Crippen molar-refractivity contribution in [3.8, 4) is 5.75 Å². The molecule has 2 saturated heterocycles. The highest BCUT2D eigenvalue weighted by molar-refractivity contribution is 6.16. The fourth-order valence-corrected chi connectivity index (χ4v) is 6.81. The van der Waals surface area contributed by atoms with Crippen LogP contribution in [0.5, 0.6) is 5.75 Å². The normalized spacial score (nSPS) is 20.7. The molecule has 2 N–H and O–H groups in total. The highest BCUT2D eigenvalue weighted by Crippen LogP contribution is 2.37. The van der Waals surface area contributed by atoms with E-state index in [1.165, 1.54) is 0 Å². The van der Waals surface area contributed by atoms with Crippen molar-refractivity contribution >= 4 is 51.9 Å². The number of hydrogen-bond donors (Lipinski definition) is 2. The fourth-order valence-electron chi connectivity index (χ4n) is 6.81. The van der Waals surface area contributed by atoms with Crippen LogP contribution in [-0.4, -0.2) is 75.5 Å². The molecular weight excluding hydrogens is 598 g/mol. The Hall–Kier alpha value is -5.23. The van der Waals surface area contributed by atoms with Crippen LogP contribution in [0.2, 0.25) is 0 Å². The fraction of sp³-hybridized carbons (Fsp3) is 0.343. The summed E-state index contributed by atoms with van der Waals surface area (Å²) in [5.74, 6) is 0.555. The molecular formula is C35H37N7O5. The third-order valence-corrected chi connectivity index (χ3v) is 8.91. The van der Waals surface area contributed by atoms with Crippen molar-refractivity contribution in [2.45, 2.75) is 38.9 Å². The van der Waals surface area contributed by atoms with Gasteiger partial charge in [-0.2, -0.15) is 0 Å². The Morgan fingerprint density at radius 2 is 1.77 bits per heavy atom. The van der Waals surface area contributed by atoms with Crippen LogP contribution >= 0.6 is 0 Å².